The smallest absolute Gasteiger partial charge is 0.254 e. The third kappa shape index (κ3) is 2.34. The fourth-order valence-corrected chi connectivity index (χ4v) is 1.98. The van der Waals surface area contributed by atoms with E-state index < -0.39 is 0 Å². The number of hydrogen-bond donors (Lipinski definition) is 2. The van der Waals surface area contributed by atoms with Gasteiger partial charge >= 0.3 is 0 Å². The molecule has 1 fully saturated rings. The summed E-state index contributed by atoms with van der Waals surface area (Å²) in [6.07, 6.45) is 0.827. The number of phenolic OH excluding ortho intramolecular Hbond substituents is 1. The molecule has 5 nitrogen and oxygen atoms in total. The monoisotopic (exact) mass is 236 g/mol. The number of carbonyl (C=O) groups is 1. The van der Waals surface area contributed by atoms with Crippen LogP contribution in [0.15, 0.2) is 18.2 Å². The summed E-state index contributed by atoms with van der Waals surface area (Å²) in [5, 5.41) is 9.61. The number of rotatable bonds is 2. The summed E-state index contributed by atoms with van der Waals surface area (Å²) < 4.78 is 4.93. The lowest BCUT2D eigenvalue weighted by Gasteiger charge is -2.16. The van der Waals surface area contributed by atoms with Gasteiger partial charge in [-0.2, -0.15) is 0 Å². The average Bonchev–Trinajstić information content (AvgIpc) is 2.75. The third-order valence-electron chi connectivity index (χ3n) is 2.94. The predicted molar refractivity (Wildman–Crippen MR) is 63.2 cm³/mol. The second-order valence-electron chi connectivity index (χ2n) is 4.19. The molecule has 1 aromatic rings. The van der Waals surface area contributed by atoms with Gasteiger partial charge < -0.3 is 20.5 Å². The van der Waals surface area contributed by atoms with Gasteiger partial charge in [0, 0.05) is 24.7 Å². The highest BCUT2D eigenvalue weighted by molar-refractivity contribution is 5.95. The lowest BCUT2D eigenvalue weighted by atomic mass is 10.2. The zero-order valence-electron chi connectivity index (χ0n) is 9.72. The second-order valence-corrected chi connectivity index (χ2v) is 4.19. The molecule has 1 amide bonds. The van der Waals surface area contributed by atoms with Crippen LogP contribution in [0.1, 0.15) is 16.8 Å². The summed E-state index contributed by atoms with van der Waals surface area (Å²) in [4.78, 5) is 13.8. The minimum Gasteiger partial charge on any atom is -0.504 e. The van der Waals surface area contributed by atoms with Gasteiger partial charge in [-0.05, 0) is 24.6 Å². The van der Waals surface area contributed by atoms with E-state index in [0.717, 1.165) is 6.42 Å². The quantitative estimate of drug-likeness (QED) is 0.787. The number of ether oxygens (including phenoxy) is 1. The van der Waals surface area contributed by atoms with Crippen molar-refractivity contribution in [3.63, 3.8) is 0 Å². The molecule has 0 saturated carbocycles. The Morgan fingerprint density at radius 1 is 1.59 bits per heavy atom. The summed E-state index contributed by atoms with van der Waals surface area (Å²) in [5.74, 6) is 0.234. The Morgan fingerprint density at radius 2 is 2.35 bits per heavy atom. The molecule has 1 heterocycles. The van der Waals surface area contributed by atoms with Crippen LogP contribution in [0.2, 0.25) is 0 Å². The van der Waals surface area contributed by atoms with Crippen LogP contribution >= 0.6 is 0 Å². The number of aromatic hydroxyl groups is 1. The molecule has 1 aromatic carbocycles. The number of amides is 1. The molecule has 92 valence electrons. The molecular formula is C12H16N2O3. The van der Waals surface area contributed by atoms with Crippen molar-refractivity contribution in [2.45, 2.75) is 12.5 Å². The predicted octanol–water partition coefficient (Wildman–Crippen LogP) is 0.574. The first kappa shape index (κ1) is 11.7. The second kappa shape index (κ2) is 4.63. The van der Waals surface area contributed by atoms with E-state index in [2.05, 4.69) is 0 Å². The van der Waals surface area contributed by atoms with Crippen LogP contribution in [-0.2, 0) is 0 Å². The molecule has 2 rings (SSSR count). The van der Waals surface area contributed by atoms with Gasteiger partial charge in [0.25, 0.3) is 5.91 Å². The first-order chi connectivity index (χ1) is 8.11. The van der Waals surface area contributed by atoms with Crippen molar-refractivity contribution in [2.24, 2.45) is 5.73 Å². The van der Waals surface area contributed by atoms with Gasteiger partial charge in [-0.1, -0.05) is 0 Å². The van der Waals surface area contributed by atoms with Crippen LogP contribution in [0, 0.1) is 0 Å². The third-order valence-corrected chi connectivity index (χ3v) is 2.94. The lowest BCUT2D eigenvalue weighted by molar-refractivity contribution is 0.0790. The van der Waals surface area contributed by atoms with Gasteiger partial charge in [-0.25, -0.2) is 0 Å². The highest BCUT2D eigenvalue weighted by atomic mass is 16.5. The molecule has 0 aliphatic carbocycles. The van der Waals surface area contributed by atoms with Gasteiger partial charge in [-0.15, -0.1) is 0 Å². The van der Waals surface area contributed by atoms with E-state index in [1.54, 1.807) is 17.0 Å². The lowest BCUT2D eigenvalue weighted by Crippen LogP contribution is -2.31. The van der Waals surface area contributed by atoms with E-state index in [1.165, 1.54) is 13.2 Å². The molecule has 1 atom stereocenters. The Balaban J connectivity index is 2.17. The zero-order chi connectivity index (χ0) is 12.4. The van der Waals surface area contributed by atoms with Crippen LogP contribution in [0.4, 0.5) is 0 Å². The molecule has 1 aliphatic heterocycles. The fraction of sp³-hybridized carbons (Fsp3) is 0.417. The maximum atomic E-state index is 12.1. The number of methoxy groups -OCH3 is 1. The molecule has 0 spiro atoms. The van der Waals surface area contributed by atoms with Crippen LogP contribution < -0.4 is 10.5 Å². The van der Waals surface area contributed by atoms with Crippen molar-refractivity contribution in [2.75, 3.05) is 20.2 Å². The van der Waals surface area contributed by atoms with E-state index >= 15 is 0 Å². The average molecular weight is 236 g/mol. The maximum absolute atomic E-state index is 12.1. The van der Waals surface area contributed by atoms with Crippen molar-refractivity contribution in [3.8, 4) is 11.5 Å². The molecule has 1 saturated heterocycles. The standard InChI is InChI=1S/C12H16N2O3/c1-17-11-3-2-8(6-10(11)15)12(16)14-5-4-9(13)7-14/h2-3,6,9,15H,4-5,7,13H2,1H3/t9-/m1/s1. The molecule has 0 unspecified atom stereocenters. The number of phenols is 1. The molecule has 0 bridgehead atoms. The number of hydrogen-bond acceptors (Lipinski definition) is 4. The molecule has 0 aromatic heterocycles. The molecule has 17 heavy (non-hydrogen) atoms. The first-order valence-electron chi connectivity index (χ1n) is 5.53. The van der Waals surface area contributed by atoms with E-state index in [1.807, 2.05) is 0 Å². The molecule has 3 N–H and O–H groups in total. The minimum absolute atomic E-state index is 0.0261. The SMILES string of the molecule is COc1ccc(C(=O)N2CC[C@@H](N)C2)cc1O. The Labute approximate surface area is 99.8 Å². The Hall–Kier alpha value is -1.75. The summed E-state index contributed by atoms with van der Waals surface area (Å²) in [6.45, 7) is 1.25. The Kier molecular flexibility index (Phi) is 3.19. The van der Waals surface area contributed by atoms with E-state index in [-0.39, 0.29) is 17.7 Å². The number of nitrogens with zero attached hydrogens (tertiary/aromatic N) is 1. The van der Waals surface area contributed by atoms with Gasteiger partial charge in [0.05, 0.1) is 7.11 Å². The Bertz CT molecular complexity index is 434. The first-order valence-corrected chi connectivity index (χ1v) is 5.53. The number of carbonyl (C=O) groups excluding carboxylic acids is 1. The van der Waals surface area contributed by atoms with Gasteiger partial charge in [-0.3, -0.25) is 4.79 Å². The number of likely N-dealkylation sites (tertiary alicyclic amines) is 1. The van der Waals surface area contributed by atoms with E-state index in [0.29, 0.717) is 24.4 Å². The minimum atomic E-state index is -0.101. The van der Waals surface area contributed by atoms with Crippen LogP contribution in [0.3, 0.4) is 0 Å². The maximum Gasteiger partial charge on any atom is 0.254 e. The summed E-state index contributed by atoms with van der Waals surface area (Å²) in [7, 11) is 1.47. The fourth-order valence-electron chi connectivity index (χ4n) is 1.98. The molecular weight excluding hydrogens is 220 g/mol. The van der Waals surface area contributed by atoms with Crippen molar-refractivity contribution >= 4 is 5.91 Å². The van der Waals surface area contributed by atoms with Crippen LogP contribution in [-0.4, -0.2) is 42.2 Å². The number of benzene rings is 1. The largest absolute Gasteiger partial charge is 0.504 e. The van der Waals surface area contributed by atoms with E-state index in [9.17, 15) is 9.90 Å². The highest BCUT2D eigenvalue weighted by Crippen LogP contribution is 2.27. The Morgan fingerprint density at radius 3 is 2.88 bits per heavy atom. The van der Waals surface area contributed by atoms with Crippen molar-refractivity contribution in [1.29, 1.82) is 0 Å². The van der Waals surface area contributed by atoms with Gasteiger partial charge in [0.2, 0.25) is 0 Å². The zero-order valence-corrected chi connectivity index (χ0v) is 9.72. The topological polar surface area (TPSA) is 75.8 Å². The molecule has 0 radical (unpaired) electrons. The van der Waals surface area contributed by atoms with Crippen LogP contribution in [0.5, 0.6) is 11.5 Å². The summed E-state index contributed by atoms with van der Waals surface area (Å²) in [5.41, 5.74) is 6.21. The molecule has 1 aliphatic rings. The highest BCUT2D eigenvalue weighted by Gasteiger charge is 2.24. The van der Waals surface area contributed by atoms with Crippen molar-refractivity contribution in [3.05, 3.63) is 23.8 Å². The van der Waals surface area contributed by atoms with Crippen molar-refractivity contribution < 1.29 is 14.6 Å². The van der Waals surface area contributed by atoms with Gasteiger partial charge in [0.1, 0.15) is 0 Å². The normalized spacial score (nSPS) is 19.4. The number of nitrogens with two attached hydrogens (primary N) is 1. The molecule has 5 heteroatoms. The van der Waals surface area contributed by atoms with Gasteiger partial charge in [0.15, 0.2) is 11.5 Å². The summed E-state index contributed by atoms with van der Waals surface area (Å²) in [6, 6.07) is 4.71. The summed E-state index contributed by atoms with van der Waals surface area (Å²) >= 11 is 0. The van der Waals surface area contributed by atoms with E-state index in [4.69, 9.17) is 10.5 Å². The van der Waals surface area contributed by atoms with Crippen LogP contribution in [0.25, 0.3) is 0 Å². The van der Waals surface area contributed by atoms with Crippen molar-refractivity contribution in [1.82, 2.24) is 4.90 Å².